The zero-order chi connectivity index (χ0) is 35.0. The quantitative estimate of drug-likeness (QED) is 0.0448. The molecule has 3 N–H and O–H groups in total. The van der Waals surface area contributed by atoms with E-state index < -0.39 is 12.1 Å². The molecule has 0 heterocycles. The maximum absolute atomic E-state index is 12.4. The molecular formula is C44H85NO3. The second-order valence-electron chi connectivity index (χ2n) is 14.8. The summed E-state index contributed by atoms with van der Waals surface area (Å²) in [6.07, 6.45) is 51.4. The number of unbranched alkanes of at least 4 members (excludes halogenated alkanes) is 30. The van der Waals surface area contributed by atoms with Crippen molar-refractivity contribution in [3.63, 3.8) is 0 Å². The van der Waals surface area contributed by atoms with Gasteiger partial charge in [-0.1, -0.05) is 218 Å². The van der Waals surface area contributed by atoms with Crippen LogP contribution in [-0.2, 0) is 4.79 Å². The van der Waals surface area contributed by atoms with E-state index >= 15 is 0 Å². The fraction of sp³-hybridized carbons (Fsp3) is 0.886. The normalized spacial score (nSPS) is 13.2. The van der Waals surface area contributed by atoms with Crippen LogP contribution >= 0.6 is 0 Å². The van der Waals surface area contributed by atoms with E-state index in [0.29, 0.717) is 6.42 Å². The first-order valence-electron chi connectivity index (χ1n) is 21.6. The molecule has 0 rings (SSSR count). The van der Waals surface area contributed by atoms with E-state index in [4.69, 9.17) is 0 Å². The zero-order valence-corrected chi connectivity index (χ0v) is 32.5. The van der Waals surface area contributed by atoms with E-state index in [1.807, 2.05) is 6.08 Å². The summed E-state index contributed by atoms with van der Waals surface area (Å²) < 4.78 is 0. The number of aliphatic hydroxyl groups is 2. The third-order valence-corrected chi connectivity index (χ3v) is 9.94. The fourth-order valence-corrected chi connectivity index (χ4v) is 6.61. The third kappa shape index (κ3) is 36.2. The van der Waals surface area contributed by atoms with Crippen LogP contribution in [0.4, 0.5) is 0 Å². The van der Waals surface area contributed by atoms with Crippen LogP contribution in [0.5, 0.6) is 0 Å². The molecule has 0 aliphatic carbocycles. The fourth-order valence-electron chi connectivity index (χ4n) is 6.61. The lowest BCUT2D eigenvalue weighted by atomic mass is 10.0. The number of amides is 1. The topological polar surface area (TPSA) is 69.6 Å². The largest absolute Gasteiger partial charge is 0.394 e. The van der Waals surface area contributed by atoms with Crippen LogP contribution in [0.2, 0.25) is 0 Å². The molecule has 0 aromatic carbocycles. The van der Waals surface area contributed by atoms with Gasteiger partial charge in [0.15, 0.2) is 0 Å². The summed E-state index contributed by atoms with van der Waals surface area (Å²) in [6, 6.07) is -0.634. The lowest BCUT2D eigenvalue weighted by Crippen LogP contribution is -2.45. The molecule has 0 bridgehead atoms. The van der Waals surface area contributed by atoms with Gasteiger partial charge < -0.3 is 15.5 Å². The van der Waals surface area contributed by atoms with Crippen LogP contribution in [-0.4, -0.2) is 34.9 Å². The minimum absolute atomic E-state index is 0.0705. The highest BCUT2D eigenvalue weighted by atomic mass is 16.3. The molecule has 0 aromatic heterocycles. The first-order valence-corrected chi connectivity index (χ1v) is 21.6. The van der Waals surface area contributed by atoms with E-state index in [1.165, 1.54) is 180 Å². The molecular weight excluding hydrogens is 590 g/mol. The average molecular weight is 676 g/mol. The molecule has 0 saturated heterocycles. The van der Waals surface area contributed by atoms with Gasteiger partial charge in [0.2, 0.25) is 5.91 Å². The van der Waals surface area contributed by atoms with Gasteiger partial charge in [0, 0.05) is 6.42 Å². The number of hydrogen-bond acceptors (Lipinski definition) is 3. The molecule has 284 valence electrons. The van der Waals surface area contributed by atoms with Gasteiger partial charge >= 0.3 is 0 Å². The van der Waals surface area contributed by atoms with E-state index in [9.17, 15) is 15.0 Å². The molecule has 0 aliphatic rings. The molecule has 0 fully saturated rings. The Bertz CT molecular complexity index is 691. The Morgan fingerprint density at radius 2 is 0.812 bits per heavy atom. The molecule has 0 aromatic rings. The molecule has 0 spiro atoms. The Morgan fingerprint density at radius 3 is 1.21 bits per heavy atom. The molecule has 0 saturated carbocycles. The van der Waals surface area contributed by atoms with E-state index in [-0.39, 0.29) is 12.5 Å². The maximum atomic E-state index is 12.4. The van der Waals surface area contributed by atoms with Crippen molar-refractivity contribution in [1.29, 1.82) is 0 Å². The van der Waals surface area contributed by atoms with Gasteiger partial charge in [-0.05, 0) is 32.1 Å². The predicted octanol–water partition coefficient (Wildman–Crippen LogP) is 13.2. The minimum Gasteiger partial charge on any atom is -0.394 e. The van der Waals surface area contributed by atoms with Gasteiger partial charge in [0.1, 0.15) is 0 Å². The molecule has 0 aliphatic heterocycles. The van der Waals surface area contributed by atoms with Crippen LogP contribution in [0.3, 0.4) is 0 Å². The summed E-state index contributed by atoms with van der Waals surface area (Å²) in [5, 5.41) is 23.0. The number of allylic oxidation sites excluding steroid dienone is 3. The Labute approximate surface area is 300 Å². The lowest BCUT2D eigenvalue weighted by molar-refractivity contribution is -0.123. The summed E-state index contributed by atoms with van der Waals surface area (Å²) >= 11 is 0. The second kappa shape index (κ2) is 40.3. The van der Waals surface area contributed by atoms with Crippen molar-refractivity contribution >= 4 is 5.91 Å². The van der Waals surface area contributed by atoms with Gasteiger partial charge in [0.05, 0.1) is 18.8 Å². The SMILES string of the molecule is CCCCCCCCCCCCC/C=C/CC/C=C/[C@@H](O)[C@H](CO)NC(=O)CCCCCCCCCCCCCCCCCCCCC. The number of nitrogens with one attached hydrogen (secondary N) is 1. The molecule has 2 atom stereocenters. The van der Waals surface area contributed by atoms with Crippen LogP contribution in [0, 0.1) is 0 Å². The van der Waals surface area contributed by atoms with Gasteiger partial charge in [-0.2, -0.15) is 0 Å². The predicted molar refractivity (Wildman–Crippen MR) is 212 cm³/mol. The molecule has 0 radical (unpaired) electrons. The molecule has 48 heavy (non-hydrogen) atoms. The first-order chi connectivity index (χ1) is 23.7. The highest BCUT2D eigenvalue weighted by Gasteiger charge is 2.17. The van der Waals surface area contributed by atoms with Crippen molar-refractivity contribution in [3.05, 3.63) is 24.3 Å². The number of rotatable bonds is 39. The van der Waals surface area contributed by atoms with Crippen molar-refractivity contribution < 1.29 is 15.0 Å². The summed E-state index contributed by atoms with van der Waals surface area (Å²) in [5.41, 5.74) is 0. The van der Waals surface area contributed by atoms with Crippen molar-refractivity contribution in [2.75, 3.05) is 6.61 Å². The summed E-state index contributed by atoms with van der Waals surface area (Å²) in [7, 11) is 0. The van der Waals surface area contributed by atoms with Gasteiger partial charge in [0.25, 0.3) is 0 Å². The van der Waals surface area contributed by atoms with Gasteiger partial charge in [-0.15, -0.1) is 0 Å². The van der Waals surface area contributed by atoms with Crippen molar-refractivity contribution in [2.45, 2.75) is 244 Å². The second-order valence-corrected chi connectivity index (χ2v) is 14.8. The van der Waals surface area contributed by atoms with Gasteiger partial charge in [-0.3, -0.25) is 4.79 Å². The van der Waals surface area contributed by atoms with Crippen LogP contribution in [0.15, 0.2) is 24.3 Å². The number of carbonyl (C=O) groups excluding carboxylic acids is 1. The van der Waals surface area contributed by atoms with Crippen molar-refractivity contribution in [1.82, 2.24) is 5.32 Å². The molecule has 4 heteroatoms. The van der Waals surface area contributed by atoms with Crippen LogP contribution < -0.4 is 5.32 Å². The van der Waals surface area contributed by atoms with E-state index in [2.05, 4.69) is 31.3 Å². The number of hydrogen-bond donors (Lipinski definition) is 3. The van der Waals surface area contributed by atoms with Crippen LogP contribution in [0.1, 0.15) is 232 Å². The first kappa shape index (κ1) is 46.9. The molecule has 1 amide bonds. The third-order valence-electron chi connectivity index (χ3n) is 9.94. The van der Waals surface area contributed by atoms with E-state index in [0.717, 1.165) is 32.1 Å². The Hall–Kier alpha value is -1.13. The Balaban J connectivity index is 3.58. The monoisotopic (exact) mass is 676 g/mol. The average Bonchev–Trinajstić information content (AvgIpc) is 3.09. The zero-order valence-electron chi connectivity index (χ0n) is 32.5. The molecule has 0 unspecified atom stereocenters. The molecule has 4 nitrogen and oxygen atoms in total. The number of carbonyl (C=O) groups is 1. The summed E-state index contributed by atoms with van der Waals surface area (Å²) in [4.78, 5) is 12.4. The van der Waals surface area contributed by atoms with Crippen molar-refractivity contribution in [2.24, 2.45) is 0 Å². The van der Waals surface area contributed by atoms with Gasteiger partial charge in [-0.25, -0.2) is 0 Å². The lowest BCUT2D eigenvalue weighted by Gasteiger charge is -2.19. The number of aliphatic hydroxyl groups excluding tert-OH is 2. The van der Waals surface area contributed by atoms with Crippen LogP contribution in [0.25, 0.3) is 0 Å². The van der Waals surface area contributed by atoms with Crippen molar-refractivity contribution in [3.8, 4) is 0 Å². The summed E-state index contributed by atoms with van der Waals surface area (Å²) in [6.45, 7) is 4.31. The minimum atomic E-state index is -0.857. The Kier molecular flexibility index (Phi) is 39.4. The highest BCUT2D eigenvalue weighted by Crippen LogP contribution is 2.15. The Morgan fingerprint density at radius 1 is 0.479 bits per heavy atom. The van der Waals surface area contributed by atoms with E-state index in [1.54, 1.807) is 6.08 Å². The highest BCUT2D eigenvalue weighted by molar-refractivity contribution is 5.76. The maximum Gasteiger partial charge on any atom is 0.220 e. The smallest absolute Gasteiger partial charge is 0.220 e. The summed E-state index contributed by atoms with van der Waals surface area (Å²) in [5.74, 6) is -0.0705. The standard InChI is InChI=1S/C44H85NO3/c1-3-5-7-9-11-13-15-17-19-21-22-24-26-28-30-32-34-36-38-40-44(48)45-42(41-46)43(47)39-37-35-33-31-29-27-25-23-20-18-16-14-12-10-8-6-4-2/h29,31,37,39,42-43,46-47H,3-28,30,32-36,38,40-41H2,1-2H3,(H,45,48)/b31-29+,39-37+/t42-,43+/m0/s1.